The first-order valence-corrected chi connectivity index (χ1v) is 11.2. The molecule has 1 fully saturated rings. The zero-order valence-corrected chi connectivity index (χ0v) is 18.1. The third kappa shape index (κ3) is 4.57. The first-order chi connectivity index (χ1) is 15.3. The molecular weight excluding hydrogens is 470 g/mol. The van der Waals surface area contributed by atoms with Gasteiger partial charge in [-0.15, -0.1) is 0 Å². The van der Waals surface area contributed by atoms with Gasteiger partial charge in [0.1, 0.15) is 13.2 Å². The van der Waals surface area contributed by atoms with Crippen LogP contribution < -0.4 is 16.0 Å². The largest absolute Gasteiger partial charge is 0.406 e. The monoisotopic (exact) mass is 489 g/mol. The minimum absolute atomic E-state index is 0.305. The molecule has 1 aromatic carbocycles. The average Bonchev–Trinajstić information content (AvgIpc) is 3.38. The molecule has 1 aliphatic rings. The SMILES string of the molecule is Cn1cc(Cn2c(=O)c3cc(S(=O)(=O)NC4(CF)CC4)ccc3n(CC(F)(F)F)c2=O)cn1. The highest BCUT2D eigenvalue weighted by Crippen LogP contribution is 2.37. The van der Waals surface area contributed by atoms with E-state index in [1.54, 1.807) is 7.05 Å². The molecule has 178 valence electrons. The lowest BCUT2D eigenvalue weighted by Gasteiger charge is -2.17. The van der Waals surface area contributed by atoms with E-state index < -0.39 is 56.5 Å². The van der Waals surface area contributed by atoms with Crippen LogP contribution in [0.25, 0.3) is 10.9 Å². The number of halogens is 4. The fourth-order valence-electron chi connectivity index (χ4n) is 3.54. The number of fused-ring (bicyclic) bond motifs is 1. The Balaban J connectivity index is 1.90. The van der Waals surface area contributed by atoms with Crippen molar-refractivity contribution in [2.45, 2.75) is 42.5 Å². The van der Waals surface area contributed by atoms with Crippen LogP contribution in [0.5, 0.6) is 0 Å². The summed E-state index contributed by atoms with van der Waals surface area (Å²) in [6, 6.07) is 2.86. The van der Waals surface area contributed by atoms with Gasteiger partial charge in [0, 0.05) is 18.8 Å². The van der Waals surface area contributed by atoms with Gasteiger partial charge < -0.3 is 0 Å². The molecule has 9 nitrogen and oxygen atoms in total. The van der Waals surface area contributed by atoms with E-state index in [0.717, 1.165) is 18.2 Å². The Morgan fingerprint density at radius 1 is 1.18 bits per heavy atom. The van der Waals surface area contributed by atoms with Crippen molar-refractivity contribution in [3.05, 3.63) is 57.0 Å². The smallest absolute Gasteiger partial charge is 0.284 e. The van der Waals surface area contributed by atoms with E-state index in [2.05, 4.69) is 9.82 Å². The molecule has 2 aromatic heterocycles. The Bertz CT molecular complexity index is 1450. The molecular formula is C19H19F4N5O4S. The summed E-state index contributed by atoms with van der Waals surface area (Å²) < 4.78 is 82.9. The van der Waals surface area contributed by atoms with Crippen LogP contribution in [0.4, 0.5) is 17.6 Å². The third-order valence-corrected chi connectivity index (χ3v) is 6.98. The summed E-state index contributed by atoms with van der Waals surface area (Å²) in [5.74, 6) is 0. The second kappa shape index (κ2) is 7.80. The molecule has 0 saturated heterocycles. The highest BCUT2D eigenvalue weighted by Gasteiger charge is 2.46. The molecule has 0 spiro atoms. The number of rotatable bonds is 7. The van der Waals surface area contributed by atoms with Gasteiger partial charge in [0.25, 0.3) is 5.56 Å². The van der Waals surface area contributed by atoms with Gasteiger partial charge >= 0.3 is 11.9 Å². The number of hydrogen-bond donors (Lipinski definition) is 1. The van der Waals surface area contributed by atoms with Gasteiger partial charge in [-0.1, -0.05) is 0 Å². The van der Waals surface area contributed by atoms with Crippen LogP contribution in [-0.4, -0.2) is 45.7 Å². The van der Waals surface area contributed by atoms with Crippen LogP contribution in [0.1, 0.15) is 18.4 Å². The lowest BCUT2D eigenvalue weighted by Crippen LogP contribution is -2.42. The standard InChI is InChI=1S/C19H19F4N5O4S/c1-26-8-12(7-24-26)9-27-16(29)14-6-13(33(31,32)25-18(10-20)4-5-18)2-3-15(14)28(17(27)30)11-19(21,22)23/h2-3,6-8,25H,4-5,9-11H2,1H3. The van der Waals surface area contributed by atoms with Gasteiger partial charge in [-0.2, -0.15) is 18.3 Å². The first kappa shape index (κ1) is 23.2. The van der Waals surface area contributed by atoms with E-state index in [1.165, 1.54) is 17.1 Å². The first-order valence-electron chi connectivity index (χ1n) is 9.76. The molecule has 1 N–H and O–H groups in total. The van der Waals surface area contributed by atoms with E-state index in [0.29, 0.717) is 27.5 Å². The zero-order valence-electron chi connectivity index (χ0n) is 17.3. The van der Waals surface area contributed by atoms with Crippen molar-refractivity contribution in [1.29, 1.82) is 0 Å². The van der Waals surface area contributed by atoms with E-state index >= 15 is 0 Å². The summed E-state index contributed by atoms with van der Waals surface area (Å²) in [5, 5.41) is 3.51. The number of nitrogens with zero attached hydrogens (tertiary/aromatic N) is 4. The van der Waals surface area contributed by atoms with Gasteiger partial charge in [0.15, 0.2) is 0 Å². The summed E-state index contributed by atoms with van der Waals surface area (Å²) in [4.78, 5) is 25.5. The van der Waals surface area contributed by atoms with E-state index in [1.807, 2.05) is 0 Å². The fourth-order valence-corrected chi connectivity index (χ4v) is 5.00. The molecule has 4 rings (SSSR count). The fraction of sp³-hybridized carbons (Fsp3) is 0.421. The number of aromatic nitrogens is 4. The average molecular weight is 489 g/mol. The predicted octanol–water partition coefficient (Wildman–Crippen LogP) is 1.29. The van der Waals surface area contributed by atoms with Crippen LogP contribution in [0.3, 0.4) is 0 Å². The second-order valence-corrected chi connectivity index (χ2v) is 9.78. The molecule has 2 heterocycles. The molecule has 33 heavy (non-hydrogen) atoms. The topological polar surface area (TPSA) is 108 Å². The maximum absolute atomic E-state index is 13.2. The minimum atomic E-state index is -4.78. The van der Waals surface area contributed by atoms with Crippen LogP contribution in [0, 0.1) is 0 Å². The quantitative estimate of drug-likeness (QED) is 0.504. The zero-order chi connectivity index (χ0) is 24.2. The number of hydrogen-bond acceptors (Lipinski definition) is 5. The lowest BCUT2D eigenvalue weighted by molar-refractivity contribution is -0.140. The van der Waals surface area contributed by atoms with Crippen molar-refractivity contribution in [3.63, 3.8) is 0 Å². The third-order valence-electron chi connectivity index (χ3n) is 5.40. The molecule has 0 amide bonds. The van der Waals surface area contributed by atoms with Crippen molar-refractivity contribution >= 4 is 20.9 Å². The van der Waals surface area contributed by atoms with Gasteiger partial charge in [-0.25, -0.2) is 22.3 Å². The van der Waals surface area contributed by atoms with Crippen LogP contribution in [0.15, 0.2) is 45.1 Å². The van der Waals surface area contributed by atoms with Crippen molar-refractivity contribution in [1.82, 2.24) is 23.6 Å². The molecule has 0 bridgehead atoms. The van der Waals surface area contributed by atoms with Crippen molar-refractivity contribution in [2.75, 3.05) is 6.67 Å². The Labute approximate surface area is 184 Å². The van der Waals surface area contributed by atoms with Crippen LogP contribution in [0.2, 0.25) is 0 Å². The van der Waals surface area contributed by atoms with Crippen LogP contribution in [-0.2, 0) is 30.2 Å². The van der Waals surface area contributed by atoms with Gasteiger partial charge in [0.2, 0.25) is 10.0 Å². The predicted molar refractivity (Wildman–Crippen MR) is 109 cm³/mol. The summed E-state index contributed by atoms with van der Waals surface area (Å²) in [5.41, 5.74) is -3.34. The van der Waals surface area contributed by atoms with E-state index in [9.17, 15) is 35.6 Å². The Morgan fingerprint density at radius 3 is 2.42 bits per heavy atom. The molecule has 1 aliphatic carbocycles. The van der Waals surface area contributed by atoms with Crippen molar-refractivity contribution in [2.24, 2.45) is 7.05 Å². The number of aryl methyl sites for hydroxylation is 1. The maximum atomic E-state index is 13.2. The van der Waals surface area contributed by atoms with Gasteiger partial charge in [-0.05, 0) is 31.0 Å². The highest BCUT2D eigenvalue weighted by atomic mass is 32.2. The maximum Gasteiger partial charge on any atom is 0.406 e. The van der Waals surface area contributed by atoms with Gasteiger partial charge in [-0.3, -0.25) is 18.6 Å². The molecule has 0 unspecified atom stereocenters. The summed E-state index contributed by atoms with van der Waals surface area (Å²) in [6.07, 6.45) is -1.33. The lowest BCUT2D eigenvalue weighted by atomic mass is 10.2. The summed E-state index contributed by atoms with van der Waals surface area (Å²) in [6.45, 7) is -2.95. The van der Waals surface area contributed by atoms with Crippen LogP contribution >= 0.6 is 0 Å². The van der Waals surface area contributed by atoms with E-state index in [4.69, 9.17) is 0 Å². The number of benzene rings is 1. The second-order valence-electron chi connectivity index (χ2n) is 8.10. The summed E-state index contributed by atoms with van der Waals surface area (Å²) >= 11 is 0. The Kier molecular flexibility index (Phi) is 5.47. The molecule has 14 heteroatoms. The highest BCUT2D eigenvalue weighted by molar-refractivity contribution is 7.89. The molecule has 0 aliphatic heterocycles. The molecule has 3 aromatic rings. The van der Waals surface area contributed by atoms with Crippen molar-refractivity contribution in [3.8, 4) is 0 Å². The number of sulfonamides is 1. The summed E-state index contributed by atoms with van der Waals surface area (Å²) in [7, 11) is -2.68. The normalized spacial score (nSPS) is 15.8. The molecule has 1 saturated carbocycles. The number of nitrogens with one attached hydrogen (secondary N) is 1. The molecule has 0 radical (unpaired) electrons. The number of alkyl halides is 4. The van der Waals surface area contributed by atoms with E-state index in [-0.39, 0.29) is 12.1 Å². The van der Waals surface area contributed by atoms with Gasteiger partial charge in [0.05, 0.1) is 34.1 Å². The Morgan fingerprint density at radius 2 is 1.88 bits per heavy atom. The minimum Gasteiger partial charge on any atom is -0.284 e. The van der Waals surface area contributed by atoms with Crippen molar-refractivity contribution < 1.29 is 26.0 Å². The Hall–Kier alpha value is -3.00. The molecule has 0 atom stereocenters.